The zero-order valence-electron chi connectivity index (χ0n) is 11.7. The molecule has 2 aromatic carbocycles. The molecule has 0 saturated heterocycles. The molecule has 0 unspecified atom stereocenters. The summed E-state index contributed by atoms with van der Waals surface area (Å²) < 4.78 is 5.37. The van der Waals surface area contributed by atoms with Crippen molar-refractivity contribution >= 4 is 28.3 Å². The molecule has 0 aliphatic heterocycles. The van der Waals surface area contributed by atoms with Gasteiger partial charge in [0, 0.05) is 22.3 Å². The SMILES string of the molecule is COc1cccc2[nH]cc(C(=O)c3ccc(Cl)cc3C)c12. The van der Waals surface area contributed by atoms with Crippen LogP contribution in [0.25, 0.3) is 10.9 Å². The van der Waals surface area contributed by atoms with E-state index in [0.717, 1.165) is 16.5 Å². The number of hydrogen-bond acceptors (Lipinski definition) is 2. The van der Waals surface area contributed by atoms with Crippen LogP contribution >= 0.6 is 11.6 Å². The summed E-state index contributed by atoms with van der Waals surface area (Å²) in [5.74, 6) is 0.642. The fourth-order valence-electron chi connectivity index (χ4n) is 2.53. The number of nitrogens with one attached hydrogen (secondary N) is 1. The lowest BCUT2D eigenvalue weighted by Gasteiger charge is -2.07. The number of aryl methyl sites for hydroxylation is 1. The Bertz CT molecular complexity index is 836. The zero-order valence-corrected chi connectivity index (χ0v) is 12.5. The van der Waals surface area contributed by atoms with E-state index in [9.17, 15) is 4.79 Å². The fraction of sp³-hybridized carbons (Fsp3) is 0.118. The van der Waals surface area contributed by atoms with Gasteiger partial charge >= 0.3 is 0 Å². The van der Waals surface area contributed by atoms with E-state index in [0.29, 0.717) is 21.9 Å². The number of fused-ring (bicyclic) bond motifs is 1. The minimum atomic E-state index is -0.0417. The zero-order chi connectivity index (χ0) is 15.0. The summed E-state index contributed by atoms with van der Waals surface area (Å²) in [6.45, 7) is 1.88. The molecule has 3 nitrogen and oxygen atoms in total. The Morgan fingerprint density at radius 1 is 1.19 bits per heavy atom. The number of rotatable bonds is 3. The average molecular weight is 300 g/mol. The fourth-order valence-corrected chi connectivity index (χ4v) is 2.75. The van der Waals surface area contributed by atoms with Crippen LogP contribution in [-0.2, 0) is 0 Å². The Morgan fingerprint density at radius 3 is 2.71 bits per heavy atom. The molecule has 1 N–H and O–H groups in total. The van der Waals surface area contributed by atoms with Crippen LogP contribution in [0, 0.1) is 6.92 Å². The van der Waals surface area contributed by atoms with Crippen molar-refractivity contribution in [3.05, 3.63) is 64.3 Å². The summed E-state index contributed by atoms with van der Waals surface area (Å²) in [7, 11) is 1.60. The van der Waals surface area contributed by atoms with E-state index in [1.165, 1.54) is 0 Å². The number of halogens is 1. The Balaban J connectivity index is 2.18. The highest BCUT2D eigenvalue weighted by molar-refractivity contribution is 6.31. The Kier molecular flexibility index (Phi) is 3.43. The number of H-pyrrole nitrogens is 1. The average Bonchev–Trinajstić information content (AvgIpc) is 2.90. The van der Waals surface area contributed by atoms with Crippen molar-refractivity contribution in [1.82, 2.24) is 4.98 Å². The number of aromatic amines is 1. The van der Waals surface area contributed by atoms with Crippen molar-refractivity contribution in [2.75, 3.05) is 7.11 Å². The number of benzene rings is 2. The second kappa shape index (κ2) is 5.26. The normalized spacial score (nSPS) is 10.8. The van der Waals surface area contributed by atoms with E-state index in [2.05, 4.69) is 4.98 Å². The van der Waals surface area contributed by atoms with E-state index in [4.69, 9.17) is 16.3 Å². The van der Waals surface area contributed by atoms with Crippen molar-refractivity contribution in [1.29, 1.82) is 0 Å². The quantitative estimate of drug-likeness (QED) is 0.730. The van der Waals surface area contributed by atoms with Crippen LogP contribution in [0.15, 0.2) is 42.6 Å². The molecule has 21 heavy (non-hydrogen) atoms. The van der Waals surface area contributed by atoms with E-state index in [1.807, 2.05) is 25.1 Å². The standard InChI is InChI=1S/C17H14ClNO2/c1-10-8-11(18)6-7-12(10)17(20)13-9-19-14-4-3-5-15(21-2)16(13)14/h3-9,19H,1-2H3. The minimum Gasteiger partial charge on any atom is -0.496 e. The smallest absolute Gasteiger partial charge is 0.195 e. The lowest BCUT2D eigenvalue weighted by molar-refractivity contribution is 0.103. The monoisotopic (exact) mass is 299 g/mol. The van der Waals surface area contributed by atoms with Gasteiger partial charge in [0.25, 0.3) is 0 Å². The Labute approximate surface area is 127 Å². The molecule has 1 aromatic heterocycles. The maximum absolute atomic E-state index is 12.8. The number of hydrogen-bond donors (Lipinski definition) is 1. The summed E-state index contributed by atoms with van der Waals surface area (Å²) >= 11 is 5.95. The van der Waals surface area contributed by atoms with E-state index in [-0.39, 0.29) is 5.78 Å². The highest BCUT2D eigenvalue weighted by Crippen LogP contribution is 2.30. The third-order valence-corrected chi connectivity index (χ3v) is 3.80. The second-order valence-corrected chi connectivity index (χ2v) is 5.31. The molecule has 0 atom stereocenters. The third-order valence-electron chi connectivity index (χ3n) is 3.57. The molecule has 0 fully saturated rings. The van der Waals surface area contributed by atoms with Crippen molar-refractivity contribution in [2.24, 2.45) is 0 Å². The van der Waals surface area contributed by atoms with Gasteiger partial charge in [-0.2, -0.15) is 0 Å². The summed E-state index contributed by atoms with van der Waals surface area (Å²) in [6, 6.07) is 10.9. The first-order valence-electron chi connectivity index (χ1n) is 6.56. The van der Waals surface area contributed by atoms with Gasteiger partial charge in [0.2, 0.25) is 0 Å². The van der Waals surface area contributed by atoms with Crippen LogP contribution in [0.1, 0.15) is 21.5 Å². The first kappa shape index (κ1) is 13.7. The molecule has 0 radical (unpaired) electrons. The molecular weight excluding hydrogens is 286 g/mol. The topological polar surface area (TPSA) is 42.1 Å². The molecule has 0 aliphatic rings. The van der Waals surface area contributed by atoms with Crippen LogP contribution < -0.4 is 4.74 Å². The Morgan fingerprint density at radius 2 is 2.00 bits per heavy atom. The van der Waals surface area contributed by atoms with Gasteiger partial charge in [0.05, 0.1) is 18.1 Å². The van der Waals surface area contributed by atoms with E-state index < -0.39 is 0 Å². The lowest BCUT2D eigenvalue weighted by atomic mass is 9.98. The molecule has 106 valence electrons. The summed E-state index contributed by atoms with van der Waals surface area (Å²) in [4.78, 5) is 15.9. The van der Waals surface area contributed by atoms with Gasteiger partial charge < -0.3 is 9.72 Å². The lowest BCUT2D eigenvalue weighted by Crippen LogP contribution is -2.03. The third kappa shape index (κ3) is 2.30. The number of carbonyl (C=O) groups excluding carboxylic acids is 1. The van der Waals surface area contributed by atoms with Gasteiger partial charge in [0.15, 0.2) is 5.78 Å². The van der Waals surface area contributed by atoms with Crippen molar-refractivity contribution < 1.29 is 9.53 Å². The molecule has 1 heterocycles. The number of carbonyl (C=O) groups is 1. The molecule has 3 aromatic rings. The first-order chi connectivity index (χ1) is 10.1. The van der Waals surface area contributed by atoms with E-state index >= 15 is 0 Å². The summed E-state index contributed by atoms with van der Waals surface area (Å²) in [5, 5.41) is 1.43. The second-order valence-electron chi connectivity index (χ2n) is 4.87. The number of ketones is 1. The first-order valence-corrected chi connectivity index (χ1v) is 6.94. The molecule has 4 heteroatoms. The predicted molar refractivity (Wildman–Crippen MR) is 84.5 cm³/mol. The van der Waals surface area contributed by atoms with Gasteiger partial charge in [-0.05, 0) is 42.8 Å². The van der Waals surface area contributed by atoms with E-state index in [1.54, 1.807) is 31.5 Å². The predicted octanol–water partition coefficient (Wildman–Crippen LogP) is 4.37. The van der Waals surface area contributed by atoms with Gasteiger partial charge in [-0.1, -0.05) is 17.7 Å². The maximum Gasteiger partial charge on any atom is 0.195 e. The van der Waals surface area contributed by atoms with Crippen LogP contribution in [-0.4, -0.2) is 17.9 Å². The largest absolute Gasteiger partial charge is 0.496 e. The molecule has 0 spiro atoms. The van der Waals surface area contributed by atoms with Crippen LogP contribution in [0.5, 0.6) is 5.75 Å². The van der Waals surface area contributed by atoms with Crippen LogP contribution in [0.2, 0.25) is 5.02 Å². The number of methoxy groups -OCH3 is 1. The highest BCUT2D eigenvalue weighted by atomic mass is 35.5. The molecule has 0 bridgehead atoms. The van der Waals surface area contributed by atoms with Gasteiger partial charge in [-0.3, -0.25) is 4.79 Å². The molecular formula is C17H14ClNO2. The van der Waals surface area contributed by atoms with Crippen LogP contribution in [0.3, 0.4) is 0 Å². The number of aromatic nitrogens is 1. The molecule has 3 rings (SSSR count). The van der Waals surface area contributed by atoms with Gasteiger partial charge in [0.1, 0.15) is 5.75 Å². The van der Waals surface area contributed by atoms with Gasteiger partial charge in [-0.25, -0.2) is 0 Å². The Hall–Kier alpha value is -2.26. The van der Waals surface area contributed by atoms with Crippen molar-refractivity contribution in [3.8, 4) is 5.75 Å². The van der Waals surface area contributed by atoms with Crippen molar-refractivity contribution in [2.45, 2.75) is 6.92 Å². The van der Waals surface area contributed by atoms with Gasteiger partial charge in [-0.15, -0.1) is 0 Å². The highest BCUT2D eigenvalue weighted by Gasteiger charge is 2.18. The minimum absolute atomic E-state index is 0.0417. The summed E-state index contributed by atoms with van der Waals surface area (Å²) in [5.41, 5.74) is 2.99. The maximum atomic E-state index is 12.8. The molecule has 0 amide bonds. The number of ether oxygens (including phenoxy) is 1. The summed E-state index contributed by atoms with van der Waals surface area (Å²) in [6.07, 6.45) is 1.73. The molecule has 0 aliphatic carbocycles. The molecule has 0 saturated carbocycles. The van der Waals surface area contributed by atoms with Crippen LogP contribution in [0.4, 0.5) is 0 Å². The van der Waals surface area contributed by atoms with Crippen molar-refractivity contribution in [3.63, 3.8) is 0 Å².